The molecule has 0 saturated heterocycles. The molecule has 152 valence electrons. The molecule has 1 aromatic heterocycles. The Labute approximate surface area is 177 Å². The number of amides is 1. The zero-order chi connectivity index (χ0) is 21.3. The maximum atomic E-state index is 13.3. The largest absolute Gasteiger partial charge is 0.321 e. The van der Waals surface area contributed by atoms with E-state index in [1.165, 1.54) is 30.6 Å². The lowest BCUT2D eigenvalue weighted by Gasteiger charge is -2.20. The van der Waals surface area contributed by atoms with Crippen LogP contribution in [0.4, 0.5) is 15.8 Å². The van der Waals surface area contributed by atoms with Crippen molar-refractivity contribution in [1.29, 1.82) is 0 Å². The van der Waals surface area contributed by atoms with Gasteiger partial charge in [-0.1, -0.05) is 17.7 Å². The van der Waals surface area contributed by atoms with Crippen molar-refractivity contribution in [2.24, 2.45) is 0 Å². The van der Waals surface area contributed by atoms with Gasteiger partial charge >= 0.3 is 0 Å². The highest BCUT2D eigenvalue weighted by Gasteiger charge is 2.28. The van der Waals surface area contributed by atoms with E-state index in [2.05, 4.69) is 5.32 Å². The Morgan fingerprint density at radius 2 is 1.83 bits per heavy atom. The summed E-state index contributed by atoms with van der Waals surface area (Å²) in [5.41, 5.74) is 2.77. The summed E-state index contributed by atoms with van der Waals surface area (Å²) < 4.78 is 40.7. The Morgan fingerprint density at radius 1 is 1.10 bits per heavy atom. The number of hydrogen-bond donors (Lipinski definition) is 1. The Morgan fingerprint density at radius 3 is 2.48 bits per heavy atom. The Bertz CT molecular complexity index is 1190. The first kappa shape index (κ1) is 21.3. The molecule has 0 atom stereocenters. The molecule has 3 aromatic rings. The van der Waals surface area contributed by atoms with Crippen molar-refractivity contribution in [2.75, 3.05) is 16.7 Å². The van der Waals surface area contributed by atoms with Crippen LogP contribution >= 0.6 is 22.9 Å². The van der Waals surface area contributed by atoms with Gasteiger partial charge in [0.1, 0.15) is 15.6 Å². The average Bonchev–Trinajstić information content (AvgIpc) is 3.17. The van der Waals surface area contributed by atoms with Crippen LogP contribution in [0.5, 0.6) is 0 Å². The first-order chi connectivity index (χ1) is 13.6. The predicted molar refractivity (Wildman–Crippen MR) is 115 cm³/mol. The molecule has 0 radical (unpaired) electrons. The lowest BCUT2D eigenvalue weighted by atomic mass is 10.1. The molecule has 0 aliphatic carbocycles. The number of hydrogen-bond acceptors (Lipinski definition) is 4. The average molecular weight is 453 g/mol. The number of carbonyl (C=O) groups excluding carboxylic acids is 1. The van der Waals surface area contributed by atoms with Gasteiger partial charge in [0.2, 0.25) is 0 Å². The van der Waals surface area contributed by atoms with Crippen molar-refractivity contribution in [3.05, 3.63) is 74.7 Å². The molecule has 2 aromatic carbocycles. The SMILES string of the molecule is Cc1ccc(N(C)S(=O)(=O)c2ccsc2C(=O)Nc2ccc(F)c(Cl)c2)cc1C. The zero-order valence-corrected chi connectivity index (χ0v) is 18.3. The van der Waals surface area contributed by atoms with E-state index < -0.39 is 21.7 Å². The Balaban J connectivity index is 1.92. The Hall–Kier alpha value is -2.42. The van der Waals surface area contributed by atoms with Gasteiger partial charge in [-0.25, -0.2) is 12.8 Å². The van der Waals surface area contributed by atoms with Crippen LogP contribution in [0, 0.1) is 19.7 Å². The Kier molecular flexibility index (Phi) is 5.97. The van der Waals surface area contributed by atoms with Gasteiger partial charge in [0.05, 0.1) is 10.7 Å². The number of nitrogens with zero attached hydrogens (tertiary/aromatic N) is 1. The van der Waals surface area contributed by atoms with Gasteiger partial charge in [-0.3, -0.25) is 9.10 Å². The summed E-state index contributed by atoms with van der Waals surface area (Å²) >= 11 is 6.74. The van der Waals surface area contributed by atoms with E-state index in [1.54, 1.807) is 12.1 Å². The fourth-order valence-corrected chi connectivity index (χ4v) is 5.30. The molecule has 29 heavy (non-hydrogen) atoms. The van der Waals surface area contributed by atoms with Crippen LogP contribution < -0.4 is 9.62 Å². The molecule has 0 fully saturated rings. The molecule has 0 spiro atoms. The third-order valence-corrected chi connectivity index (χ3v) is 7.67. The number of aryl methyl sites for hydroxylation is 2. The molecule has 0 aliphatic heterocycles. The fraction of sp³-hybridized carbons (Fsp3) is 0.150. The first-order valence-electron chi connectivity index (χ1n) is 8.51. The molecule has 5 nitrogen and oxygen atoms in total. The van der Waals surface area contributed by atoms with Crippen LogP contribution in [0.15, 0.2) is 52.7 Å². The van der Waals surface area contributed by atoms with E-state index in [-0.39, 0.29) is 20.5 Å². The second-order valence-corrected chi connectivity index (χ2v) is 9.70. The number of sulfonamides is 1. The molecule has 1 amide bonds. The normalized spacial score (nSPS) is 11.3. The van der Waals surface area contributed by atoms with E-state index in [4.69, 9.17) is 11.6 Å². The number of nitrogens with one attached hydrogen (secondary N) is 1. The summed E-state index contributed by atoms with van der Waals surface area (Å²) in [6, 6.07) is 10.5. The van der Waals surface area contributed by atoms with Gasteiger partial charge in [0, 0.05) is 12.7 Å². The van der Waals surface area contributed by atoms with Crippen LogP contribution in [-0.4, -0.2) is 21.4 Å². The maximum Gasteiger partial charge on any atom is 0.267 e. The second-order valence-electron chi connectivity index (χ2n) is 6.44. The van der Waals surface area contributed by atoms with E-state index >= 15 is 0 Å². The summed E-state index contributed by atoms with van der Waals surface area (Å²) in [6.07, 6.45) is 0. The number of rotatable bonds is 5. The number of anilines is 2. The van der Waals surface area contributed by atoms with Crippen LogP contribution in [0.1, 0.15) is 20.8 Å². The van der Waals surface area contributed by atoms with Crippen LogP contribution in [-0.2, 0) is 10.0 Å². The van der Waals surface area contributed by atoms with Gasteiger partial charge in [-0.15, -0.1) is 11.3 Å². The summed E-state index contributed by atoms with van der Waals surface area (Å²) in [5.74, 6) is -1.23. The van der Waals surface area contributed by atoms with Crippen molar-refractivity contribution in [2.45, 2.75) is 18.7 Å². The molecule has 1 N–H and O–H groups in total. The smallest absolute Gasteiger partial charge is 0.267 e. The number of carbonyl (C=O) groups is 1. The van der Waals surface area contributed by atoms with Crippen molar-refractivity contribution in [3.8, 4) is 0 Å². The van der Waals surface area contributed by atoms with Gasteiger partial charge in [-0.05, 0) is 66.8 Å². The van der Waals surface area contributed by atoms with Gasteiger partial charge < -0.3 is 5.32 Å². The molecular formula is C20H18ClFN2O3S2. The molecule has 0 bridgehead atoms. The molecule has 9 heteroatoms. The number of thiophene rings is 1. The van der Waals surface area contributed by atoms with E-state index in [1.807, 2.05) is 19.9 Å². The quantitative estimate of drug-likeness (QED) is 0.576. The highest BCUT2D eigenvalue weighted by atomic mass is 35.5. The van der Waals surface area contributed by atoms with Gasteiger partial charge in [0.25, 0.3) is 15.9 Å². The topological polar surface area (TPSA) is 66.5 Å². The minimum atomic E-state index is -3.96. The molecular weight excluding hydrogens is 435 g/mol. The highest BCUT2D eigenvalue weighted by molar-refractivity contribution is 7.93. The monoisotopic (exact) mass is 452 g/mol. The van der Waals surface area contributed by atoms with Gasteiger partial charge in [-0.2, -0.15) is 0 Å². The van der Waals surface area contributed by atoms with E-state index in [0.29, 0.717) is 5.69 Å². The molecule has 0 aliphatic rings. The standard InChI is InChI=1S/C20H18ClFN2O3S2/c1-12-4-6-15(10-13(12)2)24(3)29(26,27)18-8-9-28-19(18)20(25)23-14-5-7-17(22)16(21)11-14/h4-11H,1-3H3,(H,23,25). The van der Waals surface area contributed by atoms with Crippen molar-refractivity contribution >= 4 is 50.2 Å². The molecule has 3 rings (SSSR count). The van der Waals surface area contributed by atoms with Crippen LogP contribution in [0.25, 0.3) is 0 Å². The summed E-state index contributed by atoms with van der Waals surface area (Å²) in [6.45, 7) is 3.84. The highest BCUT2D eigenvalue weighted by Crippen LogP contribution is 2.30. The van der Waals surface area contributed by atoms with E-state index in [0.717, 1.165) is 32.8 Å². The lowest BCUT2D eigenvalue weighted by Crippen LogP contribution is -2.28. The fourth-order valence-electron chi connectivity index (χ4n) is 2.64. The third kappa shape index (κ3) is 4.29. The third-order valence-electron chi connectivity index (χ3n) is 4.51. The summed E-state index contributed by atoms with van der Waals surface area (Å²) in [5, 5.41) is 3.95. The first-order valence-corrected chi connectivity index (χ1v) is 11.2. The van der Waals surface area contributed by atoms with Crippen molar-refractivity contribution in [1.82, 2.24) is 0 Å². The number of benzene rings is 2. The zero-order valence-electron chi connectivity index (χ0n) is 15.9. The summed E-state index contributed by atoms with van der Waals surface area (Å²) in [4.78, 5) is 12.6. The van der Waals surface area contributed by atoms with Crippen LogP contribution in [0.3, 0.4) is 0 Å². The van der Waals surface area contributed by atoms with Gasteiger partial charge in [0.15, 0.2) is 0 Å². The minimum absolute atomic E-state index is 0.0288. The lowest BCUT2D eigenvalue weighted by molar-refractivity contribution is 0.102. The minimum Gasteiger partial charge on any atom is -0.321 e. The molecule has 0 saturated carbocycles. The maximum absolute atomic E-state index is 13.3. The van der Waals surface area contributed by atoms with Crippen molar-refractivity contribution in [3.63, 3.8) is 0 Å². The second kappa shape index (κ2) is 8.14. The van der Waals surface area contributed by atoms with Crippen molar-refractivity contribution < 1.29 is 17.6 Å². The molecule has 1 heterocycles. The van der Waals surface area contributed by atoms with E-state index in [9.17, 15) is 17.6 Å². The van der Waals surface area contributed by atoms with Crippen LogP contribution in [0.2, 0.25) is 5.02 Å². The summed E-state index contributed by atoms with van der Waals surface area (Å²) in [7, 11) is -2.52. The predicted octanol–water partition coefficient (Wildman–Crippen LogP) is 5.23. The number of halogens is 2. The molecule has 0 unspecified atom stereocenters.